The lowest BCUT2D eigenvalue weighted by Gasteiger charge is -2.13. The molecule has 0 fully saturated rings. The van der Waals surface area contributed by atoms with Crippen molar-refractivity contribution < 1.29 is 8.42 Å². The van der Waals surface area contributed by atoms with Gasteiger partial charge in [0.1, 0.15) is 0 Å². The molecule has 0 saturated carbocycles. The normalized spacial score (nSPS) is 16.6. The van der Waals surface area contributed by atoms with Gasteiger partial charge in [0.15, 0.2) is 9.84 Å². The zero-order valence-corrected chi connectivity index (χ0v) is 10.7. The highest BCUT2D eigenvalue weighted by molar-refractivity contribution is 7.95. The zero-order valence-electron chi connectivity index (χ0n) is 9.93. The number of benzene rings is 1. The molecule has 0 saturated heterocycles. The van der Waals surface area contributed by atoms with E-state index in [4.69, 9.17) is 0 Å². The molecule has 92 valence electrons. The molecule has 0 bridgehead atoms. The molecular weight excluding hydrogens is 232 g/mol. The highest BCUT2D eigenvalue weighted by atomic mass is 32.2. The lowest BCUT2D eigenvalue weighted by atomic mass is 10.1. The van der Waals surface area contributed by atoms with E-state index in [-0.39, 0.29) is 5.75 Å². The Morgan fingerprint density at radius 2 is 1.82 bits per heavy atom. The van der Waals surface area contributed by atoms with Crippen molar-refractivity contribution in [1.29, 1.82) is 0 Å². The number of hydrogen-bond donors (Lipinski definition) is 0. The predicted molar refractivity (Wildman–Crippen MR) is 70.5 cm³/mol. The predicted octanol–water partition coefficient (Wildman–Crippen LogP) is 3.10. The van der Waals surface area contributed by atoms with Crippen LogP contribution in [-0.4, -0.2) is 14.2 Å². The van der Waals surface area contributed by atoms with Gasteiger partial charge in [0.2, 0.25) is 0 Å². The lowest BCUT2D eigenvalue weighted by Crippen LogP contribution is -2.13. The first-order valence-electron chi connectivity index (χ1n) is 6.14. The fourth-order valence-corrected chi connectivity index (χ4v) is 3.71. The monoisotopic (exact) mass is 250 g/mol. The van der Waals surface area contributed by atoms with Crippen LogP contribution in [0, 0.1) is 0 Å². The summed E-state index contributed by atoms with van der Waals surface area (Å²) in [6, 6.07) is 9.79. The third-order valence-corrected chi connectivity index (χ3v) is 5.06. The molecule has 0 N–H and O–H groups in total. The fourth-order valence-electron chi connectivity index (χ4n) is 2.12. The van der Waals surface area contributed by atoms with E-state index in [1.807, 2.05) is 36.4 Å². The quantitative estimate of drug-likeness (QED) is 0.823. The summed E-state index contributed by atoms with van der Waals surface area (Å²) in [5, 5.41) is 0. The number of rotatable bonds is 4. The molecule has 0 radical (unpaired) electrons. The van der Waals surface area contributed by atoms with Crippen LogP contribution in [0.5, 0.6) is 0 Å². The van der Waals surface area contributed by atoms with Crippen LogP contribution in [0.2, 0.25) is 0 Å². The van der Waals surface area contributed by atoms with Gasteiger partial charge in [0.25, 0.3) is 0 Å². The summed E-state index contributed by atoms with van der Waals surface area (Å²) >= 11 is 0. The number of allylic oxidation sites excluding steroid dienone is 2. The van der Waals surface area contributed by atoms with Crippen LogP contribution in [0.25, 0.3) is 0 Å². The van der Waals surface area contributed by atoms with Crippen molar-refractivity contribution in [2.45, 2.75) is 32.1 Å². The third kappa shape index (κ3) is 3.43. The summed E-state index contributed by atoms with van der Waals surface area (Å²) in [5.41, 5.74) is 1.09. The molecule has 1 aromatic carbocycles. The molecule has 2 rings (SSSR count). The molecule has 0 aliphatic heterocycles. The second-order valence-corrected chi connectivity index (χ2v) is 6.63. The van der Waals surface area contributed by atoms with Crippen molar-refractivity contribution in [3.05, 3.63) is 46.9 Å². The largest absolute Gasteiger partial charge is 0.224 e. The second-order valence-electron chi connectivity index (χ2n) is 4.47. The topological polar surface area (TPSA) is 34.1 Å². The molecule has 3 heteroatoms. The van der Waals surface area contributed by atoms with Gasteiger partial charge in [-0.15, -0.1) is 0 Å². The van der Waals surface area contributed by atoms with Crippen molar-refractivity contribution in [2.75, 3.05) is 5.75 Å². The first kappa shape index (κ1) is 12.4. The molecular formula is C14H18O2S. The van der Waals surface area contributed by atoms with Gasteiger partial charge < -0.3 is 0 Å². The van der Waals surface area contributed by atoms with Gasteiger partial charge in [-0.25, -0.2) is 8.42 Å². The summed E-state index contributed by atoms with van der Waals surface area (Å²) in [6.07, 6.45) is 6.30. The summed E-state index contributed by atoms with van der Waals surface area (Å²) in [5.74, 6) is 0.239. The van der Waals surface area contributed by atoms with Crippen LogP contribution < -0.4 is 0 Å². The van der Waals surface area contributed by atoms with E-state index in [9.17, 15) is 8.42 Å². The van der Waals surface area contributed by atoms with E-state index < -0.39 is 9.84 Å². The molecule has 0 atom stereocenters. The Balaban J connectivity index is 2.01. The molecule has 0 heterocycles. The van der Waals surface area contributed by atoms with Crippen LogP contribution in [0.1, 0.15) is 31.2 Å². The van der Waals surface area contributed by atoms with Crippen molar-refractivity contribution in [3.8, 4) is 0 Å². The standard InChI is InChI=1S/C14H18O2S/c15-17(16,14-9-5-2-6-10-14)12-11-13-7-3-1-4-8-13/h1,3-4,7-9H,2,5-6,10-12H2. The fraction of sp³-hybridized carbons (Fsp3) is 0.429. The number of sulfone groups is 1. The minimum Gasteiger partial charge on any atom is -0.224 e. The molecule has 2 nitrogen and oxygen atoms in total. The van der Waals surface area contributed by atoms with E-state index in [1.54, 1.807) is 0 Å². The van der Waals surface area contributed by atoms with Crippen molar-refractivity contribution in [1.82, 2.24) is 0 Å². The van der Waals surface area contributed by atoms with Gasteiger partial charge in [0, 0.05) is 4.91 Å². The summed E-state index contributed by atoms with van der Waals surface area (Å²) in [6.45, 7) is 0. The van der Waals surface area contributed by atoms with Crippen LogP contribution in [0.15, 0.2) is 41.3 Å². The molecule has 17 heavy (non-hydrogen) atoms. The molecule has 0 unspecified atom stereocenters. The van der Waals surface area contributed by atoms with E-state index in [0.717, 1.165) is 31.2 Å². The van der Waals surface area contributed by atoms with Gasteiger partial charge in [-0.2, -0.15) is 0 Å². The minimum atomic E-state index is -3.02. The maximum Gasteiger partial charge on any atom is 0.174 e. The Bertz CT molecular complexity index is 486. The minimum absolute atomic E-state index is 0.239. The van der Waals surface area contributed by atoms with Crippen molar-refractivity contribution in [2.24, 2.45) is 0 Å². The Kier molecular flexibility index (Phi) is 4.00. The Hall–Kier alpha value is -1.09. The summed E-state index contributed by atoms with van der Waals surface area (Å²) in [4.78, 5) is 0.666. The number of aryl methyl sites for hydroxylation is 1. The highest BCUT2D eigenvalue weighted by Gasteiger charge is 2.18. The van der Waals surface area contributed by atoms with Gasteiger partial charge in [-0.05, 0) is 37.7 Å². The van der Waals surface area contributed by atoms with Gasteiger partial charge in [-0.3, -0.25) is 0 Å². The van der Waals surface area contributed by atoms with Crippen molar-refractivity contribution in [3.63, 3.8) is 0 Å². The summed E-state index contributed by atoms with van der Waals surface area (Å²) in [7, 11) is -3.02. The van der Waals surface area contributed by atoms with Crippen LogP contribution >= 0.6 is 0 Å². The average molecular weight is 250 g/mol. The Morgan fingerprint density at radius 1 is 1.06 bits per heavy atom. The molecule has 1 aliphatic carbocycles. The SMILES string of the molecule is O=S(=O)(CCc1ccccc1)C1=CCCCC1. The molecule has 0 spiro atoms. The highest BCUT2D eigenvalue weighted by Crippen LogP contribution is 2.23. The van der Waals surface area contributed by atoms with E-state index in [2.05, 4.69) is 0 Å². The third-order valence-electron chi connectivity index (χ3n) is 3.15. The van der Waals surface area contributed by atoms with Crippen LogP contribution in [-0.2, 0) is 16.3 Å². The smallest absolute Gasteiger partial charge is 0.174 e. The maximum absolute atomic E-state index is 12.1. The lowest BCUT2D eigenvalue weighted by molar-refractivity contribution is 0.594. The zero-order chi connectivity index (χ0) is 12.1. The summed E-state index contributed by atoms with van der Waals surface area (Å²) < 4.78 is 24.2. The van der Waals surface area contributed by atoms with E-state index in [1.165, 1.54) is 0 Å². The number of hydrogen-bond acceptors (Lipinski definition) is 2. The van der Waals surface area contributed by atoms with Crippen LogP contribution in [0.3, 0.4) is 0 Å². The first-order chi connectivity index (χ1) is 8.18. The second kappa shape index (κ2) is 5.50. The van der Waals surface area contributed by atoms with Crippen molar-refractivity contribution >= 4 is 9.84 Å². The first-order valence-corrected chi connectivity index (χ1v) is 7.79. The Morgan fingerprint density at radius 3 is 2.47 bits per heavy atom. The van der Waals surface area contributed by atoms with E-state index in [0.29, 0.717) is 11.3 Å². The molecule has 1 aliphatic rings. The molecule has 0 aromatic heterocycles. The average Bonchev–Trinajstić information content (AvgIpc) is 2.39. The van der Waals surface area contributed by atoms with E-state index >= 15 is 0 Å². The van der Waals surface area contributed by atoms with Gasteiger partial charge in [0.05, 0.1) is 5.75 Å². The molecule has 1 aromatic rings. The maximum atomic E-state index is 12.1. The Labute approximate surface area is 103 Å². The van der Waals surface area contributed by atoms with Crippen LogP contribution in [0.4, 0.5) is 0 Å². The molecule has 0 amide bonds. The van der Waals surface area contributed by atoms with Gasteiger partial charge in [-0.1, -0.05) is 36.4 Å². The van der Waals surface area contributed by atoms with Gasteiger partial charge >= 0.3 is 0 Å².